The number of likely N-dealkylation sites (N-methyl/N-ethyl adjacent to an activating group) is 1. The van der Waals surface area contributed by atoms with E-state index in [1.807, 2.05) is 51.8 Å². The second kappa shape index (κ2) is 11.7. The number of rotatable bonds is 9. The molecule has 0 saturated carbocycles. The normalized spacial score (nSPS) is 13.1. The average molecular weight is 551 g/mol. The van der Waals surface area contributed by atoms with Crippen LogP contribution in [0.1, 0.15) is 85.9 Å². The van der Waals surface area contributed by atoms with Gasteiger partial charge in [-0.3, -0.25) is 19.8 Å². The van der Waals surface area contributed by atoms with E-state index in [1.165, 1.54) is 0 Å². The molecule has 9 heteroatoms. The fourth-order valence-electron chi connectivity index (χ4n) is 4.71. The quantitative estimate of drug-likeness (QED) is 0.348. The van der Waals surface area contributed by atoms with Gasteiger partial charge in [0.1, 0.15) is 23.7 Å². The first-order valence-corrected chi connectivity index (χ1v) is 13.5. The summed E-state index contributed by atoms with van der Waals surface area (Å²) in [4.78, 5) is 41.9. The molecule has 3 rings (SSSR count). The van der Waals surface area contributed by atoms with Gasteiger partial charge in [-0.15, -0.1) is 0 Å². The molecule has 0 aromatic heterocycles. The third-order valence-corrected chi connectivity index (χ3v) is 6.57. The molecule has 1 aliphatic rings. The van der Waals surface area contributed by atoms with Crippen LogP contribution < -0.4 is 15.0 Å². The molecule has 0 bridgehead atoms. The summed E-state index contributed by atoms with van der Waals surface area (Å²) in [7, 11) is 3.39. The van der Waals surface area contributed by atoms with Crippen molar-refractivity contribution >= 4 is 29.2 Å². The second-order valence-corrected chi connectivity index (χ2v) is 12.1. The third-order valence-electron chi connectivity index (χ3n) is 6.57. The number of hydrogen-bond acceptors (Lipinski definition) is 7. The largest absolute Gasteiger partial charge is 0.493 e. The summed E-state index contributed by atoms with van der Waals surface area (Å²) >= 11 is 0. The SMILES string of the molecule is CCOc1cc2c(cc1C(=O)NC)C(=N)N(CC(=O)c1ccc(N(C)CC(=O)OC(C)(C)C)c(C(C)(C)C)c1)C2. The minimum atomic E-state index is -0.571. The summed E-state index contributed by atoms with van der Waals surface area (Å²) in [5, 5.41) is 11.3. The smallest absolute Gasteiger partial charge is 0.326 e. The van der Waals surface area contributed by atoms with Crippen molar-refractivity contribution in [3.63, 3.8) is 0 Å². The molecule has 2 aromatic rings. The fraction of sp³-hybridized carbons (Fsp3) is 0.484. The van der Waals surface area contributed by atoms with E-state index < -0.39 is 5.60 Å². The molecule has 0 spiro atoms. The summed E-state index contributed by atoms with van der Waals surface area (Å²) in [6.07, 6.45) is 0. The Kier molecular flexibility index (Phi) is 8.97. The van der Waals surface area contributed by atoms with Crippen LogP contribution in [0.4, 0.5) is 5.69 Å². The summed E-state index contributed by atoms with van der Waals surface area (Å²) < 4.78 is 11.2. The Morgan fingerprint density at radius 2 is 1.75 bits per heavy atom. The number of nitrogens with zero attached hydrogens (tertiary/aromatic N) is 2. The van der Waals surface area contributed by atoms with E-state index in [4.69, 9.17) is 14.9 Å². The minimum absolute atomic E-state index is 0.0173. The first-order chi connectivity index (χ1) is 18.6. The Bertz CT molecular complexity index is 1320. The molecule has 9 nitrogen and oxygen atoms in total. The van der Waals surface area contributed by atoms with Crippen LogP contribution in [-0.4, -0.2) is 67.8 Å². The van der Waals surface area contributed by atoms with E-state index in [0.717, 1.165) is 16.8 Å². The number of amides is 1. The Hall–Kier alpha value is -3.88. The highest BCUT2D eigenvalue weighted by atomic mass is 16.6. The first-order valence-electron chi connectivity index (χ1n) is 13.5. The van der Waals surface area contributed by atoms with Gasteiger partial charge in [-0.05, 0) is 74.6 Å². The van der Waals surface area contributed by atoms with Crippen LogP contribution in [0.5, 0.6) is 5.75 Å². The molecule has 0 saturated heterocycles. The van der Waals surface area contributed by atoms with E-state index in [2.05, 4.69) is 26.1 Å². The molecule has 0 fully saturated rings. The van der Waals surface area contributed by atoms with Crippen molar-refractivity contribution < 1.29 is 23.9 Å². The minimum Gasteiger partial charge on any atom is -0.493 e. The highest BCUT2D eigenvalue weighted by Crippen LogP contribution is 2.34. The summed E-state index contributed by atoms with van der Waals surface area (Å²) in [6.45, 7) is 14.4. The van der Waals surface area contributed by atoms with Crippen molar-refractivity contribution in [3.8, 4) is 5.75 Å². The van der Waals surface area contributed by atoms with Crippen molar-refractivity contribution in [2.24, 2.45) is 0 Å². The predicted molar refractivity (Wildman–Crippen MR) is 157 cm³/mol. The number of anilines is 1. The molecule has 1 heterocycles. The number of Topliss-reactive ketones (excluding diaryl/α,β-unsaturated/α-hetero) is 1. The van der Waals surface area contributed by atoms with Gasteiger partial charge in [0.2, 0.25) is 0 Å². The number of nitrogens with one attached hydrogen (secondary N) is 2. The van der Waals surface area contributed by atoms with Crippen LogP contribution in [0.2, 0.25) is 0 Å². The van der Waals surface area contributed by atoms with Crippen molar-refractivity contribution in [2.45, 2.75) is 66.0 Å². The first kappa shape index (κ1) is 30.7. The Morgan fingerprint density at radius 1 is 1.07 bits per heavy atom. The van der Waals surface area contributed by atoms with Crippen molar-refractivity contribution in [2.75, 3.05) is 38.7 Å². The van der Waals surface area contributed by atoms with E-state index >= 15 is 0 Å². The lowest BCUT2D eigenvalue weighted by atomic mass is 9.84. The number of ether oxygens (including phenoxy) is 2. The predicted octanol–water partition coefficient (Wildman–Crippen LogP) is 4.54. The number of ketones is 1. The maximum atomic E-state index is 13.5. The maximum absolute atomic E-state index is 13.5. The number of carbonyl (C=O) groups excluding carboxylic acids is 3. The number of benzene rings is 2. The molecular formula is C31H42N4O5. The van der Waals surface area contributed by atoms with Crippen LogP contribution in [0.3, 0.4) is 0 Å². The Labute approximate surface area is 237 Å². The van der Waals surface area contributed by atoms with Gasteiger partial charge in [0.25, 0.3) is 5.91 Å². The number of carbonyl (C=O) groups is 3. The molecule has 2 aromatic carbocycles. The van der Waals surface area contributed by atoms with E-state index in [-0.39, 0.29) is 42.0 Å². The van der Waals surface area contributed by atoms with E-state index in [9.17, 15) is 14.4 Å². The molecular weight excluding hydrogens is 508 g/mol. The van der Waals surface area contributed by atoms with E-state index in [1.54, 1.807) is 30.1 Å². The van der Waals surface area contributed by atoms with Crippen molar-refractivity contribution in [1.82, 2.24) is 10.2 Å². The lowest BCUT2D eigenvalue weighted by Crippen LogP contribution is -2.34. The van der Waals surface area contributed by atoms with Gasteiger partial charge in [0.05, 0.1) is 18.7 Å². The van der Waals surface area contributed by atoms with E-state index in [0.29, 0.717) is 35.6 Å². The lowest BCUT2D eigenvalue weighted by Gasteiger charge is -2.30. The number of fused-ring (bicyclic) bond motifs is 1. The average Bonchev–Trinajstić information content (AvgIpc) is 3.14. The van der Waals surface area contributed by atoms with Gasteiger partial charge in [0.15, 0.2) is 5.78 Å². The van der Waals surface area contributed by atoms with Crippen LogP contribution in [0.25, 0.3) is 0 Å². The molecule has 1 aliphatic heterocycles. The van der Waals surface area contributed by atoms with Crippen LogP contribution in [0.15, 0.2) is 30.3 Å². The highest BCUT2D eigenvalue weighted by molar-refractivity contribution is 6.07. The zero-order valence-electron chi connectivity index (χ0n) is 25.2. The molecule has 0 aliphatic carbocycles. The van der Waals surface area contributed by atoms with Crippen molar-refractivity contribution in [1.29, 1.82) is 5.41 Å². The molecule has 0 atom stereocenters. The molecule has 216 valence electrons. The van der Waals surface area contributed by atoms with Crippen molar-refractivity contribution in [3.05, 3.63) is 58.1 Å². The molecule has 1 amide bonds. The maximum Gasteiger partial charge on any atom is 0.326 e. The van der Waals surface area contributed by atoms with Gasteiger partial charge >= 0.3 is 5.97 Å². The molecule has 0 radical (unpaired) electrons. The highest BCUT2D eigenvalue weighted by Gasteiger charge is 2.30. The van der Waals surface area contributed by atoms with Gasteiger partial charge in [-0.1, -0.05) is 20.8 Å². The van der Waals surface area contributed by atoms with Crippen LogP contribution in [0, 0.1) is 5.41 Å². The number of amidine groups is 1. The zero-order valence-corrected chi connectivity index (χ0v) is 25.2. The lowest BCUT2D eigenvalue weighted by molar-refractivity contribution is -0.152. The zero-order chi connectivity index (χ0) is 30.0. The molecule has 0 unspecified atom stereocenters. The number of esters is 1. The van der Waals surface area contributed by atoms with Gasteiger partial charge < -0.3 is 24.6 Å². The standard InChI is InChI=1S/C31H42N4O5/c1-10-39-26-14-20-16-35(28(32)21(20)15-22(26)29(38)33-8)17-25(36)19-11-12-24(23(13-19)30(2,3)4)34(9)18-27(37)40-31(5,6)7/h11-15,32H,10,16-18H2,1-9H3,(H,33,38). The van der Waals surface area contributed by atoms with Crippen LogP contribution in [-0.2, 0) is 21.5 Å². The Morgan fingerprint density at radius 3 is 2.33 bits per heavy atom. The summed E-state index contributed by atoms with van der Waals surface area (Å²) in [5.74, 6) is -0.0843. The summed E-state index contributed by atoms with van der Waals surface area (Å²) in [5.41, 5.74) is 3.26. The number of hydrogen-bond donors (Lipinski definition) is 2. The third kappa shape index (κ3) is 7.00. The topological polar surface area (TPSA) is 112 Å². The van der Waals surface area contributed by atoms with Gasteiger partial charge in [-0.2, -0.15) is 0 Å². The second-order valence-electron chi connectivity index (χ2n) is 12.1. The van der Waals surface area contributed by atoms with Gasteiger partial charge in [0, 0.05) is 37.5 Å². The Balaban J connectivity index is 1.84. The summed E-state index contributed by atoms with van der Waals surface area (Å²) in [6, 6.07) is 8.97. The van der Waals surface area contributed by atoms with Gasteiger partial charge in [-0.25, -0.2) is 0 Å². The molecule has 40 heavy (non-hydrogen) atoms. The fourth-order valence-corrected chi connectivity index (χ4v) is 4.71. The monoisotopic (exact) mass is 550 g/mol. The molecule has 2 N–H and O–H groups in total. The van der Waals surface area contributed by atoms with Crippen LogP contribution >= 0.6 is 0 Å².